The highest BCUT2D eigenvalue weighted by molar-refractivity contribution is 6.34. The maximum Gasteiger partial charge on any atom is 0.258 e. The van der Waals surface area contributed by atoms with Gasteiger partial charge in [-0.3, -0.25) is 19.2 Å². The fourth-order valence-corrected chi connectivity index (χ4v) is 4.62. The van der Waals surface area contributed by atoms with E-state index in [0.29, 0.717) is 34.0 Å². The molecule has 0 saturated heterocycles. The van der Waals surface area contributed by atoms with E-state index in [1.54, 1.807) is 84.9 Å². The first-order chi connectivity index (χ1) is 23.0. The number of carbonyl (C=O) groups excluding carboxylic acids is 4. The molecular weight excluding hydrogens is 659 g/mol. The van der Waals surface area contributed by atoms with Crippen molar-refractivity contribution in [1.29, 1.82) is 0 Å². The van der Waals surface area contributed by atoms with Crippen LogP contribution in [0.4, 0.5) is 22.7 Å². The van der Waals surface area contributed by atoms with Crippen molar-refractivity contribution >= 4 is 69.3 Å². The molecule has 0 bridgehead atoms. The predicted molar refractivity (Wildman–Crippen MR) is 183 cm³/mol. The van der Waals surface area contributed by atoms with Gasteiger partial charge in [0.15, 0.2) is 11.6 Å². The van der Waals surface area contributed by atoms with E-state index in [1.807, 2.05) is 0 Å². The molecule has 14 heteroatoms. The predicted octanol–water partition coefficient (Wildman–Crippen LogP) is 8.04. The normalized spacial score (nSPS) is 12.4. The van der Waals surface area contributed by atoms with Crippen molar-refractivity contribution in [3.05, 3.63) is 95.0 Å². The highest BCUT2D eigenvalue weighted by Crippen LogP contribution is 2.35. The Morgan fingerprint density at radius 3 is 1.23 bits per heavy atom. The maximum atomic E-state index is 12.7. The smallest absolute Gasteiger partial charge is 0.258 e. The monoisotopic (exact) mass is 688 g/mol. The number of benzene rings is 4. The zero-order valence-electron chi connectivity index (χ0n) is 26.2. The van der Waals surface area contributed by atoms with E-state index in [0.717, 1.165) is 0 Å². The van der Waals surface area contributed by atoms with E-state index in [1.165, 1.54) is 28.1 Å². The standard InChI is InChI=1S/C34H30Cl2N6O6/c1-19(43)31(33(45)37-23-7-11-25(47-3)12-8-23)41-39-29-15-5-21(17-27(29)35)22-6-16-30(28(36)18-22)40-42-32(20(2)44)34(46)38-24-9-13-26(48-4)14-10-24/h5-18,31-32H,1-4H3,(H,37,45)(H,38,46). The Labute approximate surface area is 286 Å². The number of methoxy groups -OCH3 is 2. The summed E-state index contributed by atoms with van der Waals surface area (Å²) in [7, 11) is 3.06. The number of ether oxygens (including phenoxy) is 2. The van der Waals surface area contributed by atoms with Crippen LogP contribution in [-0.2, 0) is 19.2 Å². The number of halogens is 2. The van der Waals surface area contributed by atoms with Gasteiger partial charge in [0.2, 0.25) is 12.1 Å². The van der Waals surface area contributed by atoms with Crippen LogP contribution < -0.4 is 20.1 Å². The average Bonchev–Trinajstić information content (AvgIpc) is 3.06. The minimum atomic E-state index is -1.39. The summed E-state index contributed by atoms with van der Waals surface area (Å²) in [5.41, 5.74) is 2.75. The Balaban J connectivity index is 1.45. The number of nitrogens with one attached hydrogen (secondary N) is 2. The van der Waals surface area contributed by atoms with Gasteiger partial charge in [0.25, 0.3) is 11.8 Å². The molecule has 0 fully saturated rings. The van der Waals surface area contributed by atoms with Crippen LogP contribution in [0.5, 0.6) is 11.5 Å². The number of rotatable bonds is 13. The van der Waals surface area contributed by atoms with E-state index in [-0.39, 0.29) is 21.4 Å². The van der Waals surface area contributed by atoms with Crippen LogP contribution in [0.1, 0.15) is 13.8 Å². The number of nitrogens with zero attached hydrogens (tertiary/aromatic N) is 4. The molecule has 12 nitrogen and oxygen atoms in total. The number of carbonyl (C=O) groups is 4. The van der Waals surface area contributed by atoms with Gasteiger partial charge in [0.1, 0.15) is 22.9 Å². The van der Waals surface area contributed by atoms with Crippen molar-refractivity contribution in [3.8, 4) is 22.6 Å². The van der Waals surface area contributed by atoms with Gasteiger partial charge in [-0.1, -0.05) is 35.3 Å². The van der Waals surface area contributed by atoms with Crippen LogP contribution in [-0.4, -0.2) is 49.7 Å². The highest BCUT2D eigenvalue weighted by atomic mass is 35.5. The fourth-order valence-electron chi connectivity index (χ4n) is 4.18. The average molecular weight is 690 g/mol. The van der Waals surface area contributed by atoms with E-state index >= 15 is 0 Å². The summed E-state index contributed by atoms with van der Waals surface area (Å²) >= 11 is 12.9. The number of anilines is 2. The third-order valence-electron chi connectivity index (χ3n) is 6.77. The lowest BCUT2D eigenvalue weighted by atomic mass is 10.0. The number of amides is 2. The summed E-state index contributed by atoms with van der Waals surface area (Å²) < 4.78 is 10.2. The van der Waals surface area contributed by atoms with Crippen molar-refractivity contribution in [2.45, 2.75) is 25.9 Å². The Morgan fingerprint density at radius 1 is 0.583 bits per heavy atom. The minimum absolute atomic E-state index is 0.209. The van der Waals surface area contributed by atoms with Gasteiger partial charge >= 0.3 is 0 Å². The summed E-state index contributed by atoms with van der Waals surface area (Å²) in [6.45, 7) is 2.49. The number of hydrogen-bond acceptors (Lipinski definition) is 10. The zero-order valence-corrected chi connectivity index (χ0v) is 27.7. The van der Waals surface area contributed by atoms with Gasteiger partial charge < -0.3 is 20.1 Å². The summed E-state index contributed by atoms with van der Waals surface area (Å²) in [6.07, 6.45) is 0. The van der Waals surface area contributed by atoms with Gasteiger partial charge in [0.05, 0.1) is 24.3 Å². The molecule has 2 unspecified atom stereocenters. The lowest BCUT2D eigenvalue weighted by Gasteiger charge is -2.11. The van der Waals surface area contributed by atoms with Crippen molar-refractivity contribution in [2.75, 3.05) is 24.9 Å². The second-order valence-electron chi connectivity index (χ2n) is 10.2. The quantitative estimate of drug-likeness (QED) is 0.107. The molecule has 0 saturated carbocycles. The van der Waals surface area contributed by atoms with Crippen molar-refractivity contribution in [3.63, 3.8) is 0 Å². The summed E-state index contributed by atoms with van der Waals surface area (Å²) in [4.78, 5) is 49.9. The van der Waals surface area contributed by atoms with Crippen LogP contribution in [0.15, 0.2) is 105 Å². The maximum absolute atomic E-state index is 12.7. The lowest BCUT2D eigenvalue weighted by molar-refractivity contribution is -0.127. The van der Waals surface area contributed by atoms with Gasteiger partial charge in [0, 0.05) is 11.4 Å². The summed E-state index contributed by atoms with van der Waals surface area (Å²) in [6, 6.07) is 20.3. The van der Waals surface area contributed by atoms with Crippen molar-refractivity contribution in [2.24, 2.45) is 20.5 Å². The molecule has 246 valence electrons. The Kier molecular flexibility index (Phi) is 12.1. The molecule has 0 aliphatic heterocycles. The molecule has 2 amide bonds. The topological polar surface area (TPSA) is 160 Å². The van der Waals surface area contributed by atoms with Gasteiger partial charge in [-0.2, -0.15) is 20.5 Å². The first-order valence-corrected chi connectivity index (χ1v) is 15.1. The molecule has 0 aliphatic carbocycles. The number of hydrogen-bond donors (Lipinski definition) is 2. The molecule has 0 aliphatic rings. The second-order valence-corrected chi connectivity index (χ2v) is 11.0. The number of azo groups is 2. The molecule has 0 heterocycles. The summed E-state index contributed by atoms with van der Waals surface area (Å²) in [5, 5.41) is 21.7. The Hall–Kier alpha value is -5.46. The van der Waals surface area contributed by atoms with E-state index in [9.17, 15) is 19.2 Å². The van der Waals surface area contributed by atoms with E-state index in [2.05, 4.69) is 31.1 Å². The largest absolute Gasteiger partial charge is 0.497 e. The first-order valence-electron chi connectivity index (χ1n) is 14.3. The molecule has 4 aromatic rings. The molecule has 4 rings (SSSR count). The van der Waals surface area contributed by atoms with Crippen molar-refractivity contribution < 1.29 is 28.7 Å². The van der Waals surface area contributed by atoms with Gasteiger partial charge in [-0.15, -0.1) is 0 Å². The van der Waals surface area contributed by atoms with Crippen LogP contribution in [0.2, 0.25) is 10.0 Å². The fraction of sp³-hybridized carbons (Fsp3) is 0.176. The zero-order chi connectivity index (χ0) is 34.8. The third-order valence-corrected chi connectivity index (χ3v) is 7.38. The molecule has 0 aromatic heterocycles. The van der Waals surface area contributed by atoms with Crippen LogP contribution in [0.25, 0.3) is 11.1 Å². The Morgan fingerprint density at radius 2 is 0.938 bits per heavy atom. The molecule has 48 heavy (non-hydrogen) atoms. The lowest BCUT2D eigenvalue weighted by Crippen LogP contribution is -2.31. The third kappa shape index (κ3) is 9.30. The summed E-state index contributed by atoms with van der Waals surface area (Å²) in [5.74, 6) is -1.08. The van der Waals surface area contributed by atoms with Gasteiger partial charge in [-0.25, -0.2) is 0 Å². The van der Waals surface area contributed by atoms with Crippen LogP contribution in [0, 0.1) is 0 Å². The van der Waals surface area contributed by atoms with Gasteiger partial charge in [-0.05, 0) is 97.8 Å². The van der Waals surface area contributed by atoms with Crippen molar-refractivity contribution in [1.82, 2.24) is 0 Å². The highest BCUT2D eigenvalue weighted by Gasteiger charge is 2.24. The molecular formula is C34H30Cl2N6O6. The first kappa shape index (κ1) is 35.4. The van der Waals surface area contributed by atoms with E-state index < -0.39 is 35.5 Å². The molecule has 2 N–H and O–H groups in total. The minimum Gasteiger partial charge on any atom is -0.497 e. The second kappa shape index (κ2) is 16.4. The van der Waals surface area contributed by atoms with E-state index in [4.69, 9.17) is 32.7 Å². The van der Waals surface area contributed by atoms with Crippen LogP contribution in [0.3, 0.4) is 0 Å². The number of ketones is 2. The van der Waals surface area contributed by atoms with Crippen LogP contribution >= 0.6 is 23.2 Å². The number of Topliss-reactive ketones (excluding diaryl/α,β-unsaturated/α-hetero) is 2. The molecule has 4 aromatic carbocycles. The molecule has 0 radical (unpaired) electrons. The molecule has 2 atom stereocenters. The molecule has 0 spiro atoms. The SMILES string of the molecule is COc1ccc(NC(=O)C(N=Nc2ccc(-c3ccc(N=NC(C(C)=O)C(=O)Nc4ccc(OC)cc4)c(Cl)c3)cc2Cl)C(C)=O)cc1. The Bertz CT molecular complexity index is 1740.